The van der Waals surface area contributed by atoms with Crippen molar-refractivity contribution in [1.82, 2.24) is 0 Å². The molecule has 0 aliphatic carbocycles. The highest BCUT2D eigenvalue weighted by atomic mass is 16.5. The van der Waals surface area contributed by atoms with Crippen LogP contribution in [0.5, 0.6) is 5.75 Å². The lowest BCUT2D eigenvalue weighted by Gasteiger charge is -2.08. The maximum atomic E-state index is 11.3. The molecule has 0 saturated carbocycles. The van der Waals surface area contributed by atoms with Gasteiger partial charge in [-0.2, -0.15) is 0 Å². The maximum Gasteiger partial charge on any atom is 0.240 e. The van der Waals surface area contributed by atoms with Crippen molar-refractivity contribution in [3.05, 3.63) is 24.3 Å². The predicted molar refractivity (Wildman–Crippen MR) is 59.9 cm³/mol. The first-order valence-electron chi connectivity index (χ1n) is 4.92. The van der Waals surface area contributed by atoms with E-state index in [-0.39, 0.29) is 5.91 Å². The van der Waals surface area contributed by atoms with Crippen molar-refractivity contribution in [2.75, 3.05) is 11.9 Å². The first-order valence-corrected chi connectivity index (χ1v) is 4.92. The summed E-state index contributed by atoms with van der Waals surface area (Å²) in [6, 6.07) is 6.67. The van der Waals surface area contributed by atoms with Gasteiger partial charge in [-0.25, -0.2) is 0 Å². The number of hydrogen-bond acceptors (Lipinski definition) is 3. The zero-order valence-corrected chi connectivity index (χ0v) is 8.99. The molecule has 1 aromatic rings. The molecule has 0 aliphatic heterocycles. The molecule has 1 amide bonds. The van der Waals surface area contributed by atoms with Gasteiger partial charge in [-0.15, -0.1) is 0 Å². The van der Waals surface area contributed by atoms with Gasteiger partial charge >= 0.3 is 0 Å². The molecule has 0 aliphatic rings. The van der Waals surface area contributed by atoms with Gasteiger partial charge in [0, 0.05) is 5.69 Å². The van der Waals surface area contributed by atoms with Gasteiger partial charge < -0.3 is 15.8 Å². The van der Waals surface area contributed by atoms with Gasteiger partial charge in [-0.3, -0.25) is 4.79 Å². The highest BCUT2D eigenvalue weighted by Crippen LogP contribution is 2.15. The van der Waals surface area contributed by atoms with Crippen LogP contribution in [-0.2, 0) is 4.79 Å². The van der Waals surface area contributed by atoms with Crippen molar-refractivity contribution in [2.45, 2.75) is 19.9 Å². The van der Waals surface area contributed by atoms with E-state index in [4.69, 9.17) is 10.5 Å². The van der Waals surface area contributed by atoms with Crippen LogP contribution in [0.1, 0.15) is 13.8 Å². The number of hydrogen-bond donors (Lipinski definition) is 2. The van der Waals surface area contributed by atoms with Crippen LogP contribution in [0.2, 0.25) is 0 Å². The Morgan fingerprint density at radius 3 is 2.53 bits per heavy atom. The van der Waals surface area contributed by atoms with Gasteiger partial charge in [0.25, 0.3) is 0 Å². The third-order valence-corrected chi connectivity index (χ3v) is 1.85. The van der Waals surface area contributed by atoms with Crippen LogP contribution in [0, 0.1) is 0 Å². The fourth-order valence-electron chi connectivity index (χ4n) is 1.06. The van der Waals surface area contributed by atoms with Gasteiger partial charge in [-0.05, 0) is 38.1 Å². The summed E-state index contributed by atoms with van der Waals surface area (Å²) < 4.78 is 5.28. The first-order chi connectivity index (χ1) is 7.13. The van der Waals surface area contributed by atoms with E-state index in [1.54, 1.807) is 31.2 Å². The highest BCUT2D eigenvalue weighted by molar-refractivity contribution is 5.94. The summed E-state index contributed by atoms with van der Waals surface area (Å²) in [7, 11) is 0. The third kappa shape index (κ3) is 3.59. The van der Waals surface area contributed by atoms with Crippen molar-refractivity contribution >= 4 is 11.6 Å². The summed E-state index contributed by atoms with van der Waals surface area (Å²) in [5, 5.41) is 2.69. The summed E-state index contributed by atoms with van der Waals surface area (Å²) in [6.07, 6.45) is 0. The van der Waals surface area contributed by atoms with Crippen LogP contribution in [0.3, 0.4) is 0 Å². The molecule has 4 nitrogen and oxygen atoms in total. The van der Waals surface area contributed by atoms with Crippen LogP contribution < -0.4 is 15.8 Å². The Balaban J connectivity index is 2.60. The Bertz CT molecular complexity index is 320. The molecule has 3 N–H and O–H groups in total. The molecule has 15 heavy (non-hydrogen) atoms. The number of carbonyl (C=O) groups excluding carboxylic acids is 1. The van der Waals surface area contributed by atoms with E-state index in [1.165, 1.54) is 0 Å². The number of rotatable bonds is 4. The monoisotopic (exact) mass is 208 g/mol. The highest BCUT2D eigenvalue weighted by Gasteiger charge is 2.06. The Morgan fingerprint density at radius 1 is 1.47 bits per heavy atom. The molecule has 4 heteroatoms. The van der Waals surface area contributed by atoms with Gasteiger partial charge in [0.1, 0.15) is 5.75 Å². The third-order valence-electron chi connectivity index (χ3n) is 1.85. The number of amides is 1. The number of benzene rings is 1. The number of ether oxygens (including phenoxy) is 1. The minimum absolute atomic E-state index is 0.195. The largest absolute Gasteiger partial charge is 0.494 e. The topological polar surface area (TPSA) is 64.3 Å². The number of anilines is 1. The van der Waals surface area contributed by atoms with E-state index < -0.39 is 6.04 Å². The molecular weight excluding hydrogens is 192 g/mol. The molecule has 0 unspecified atom stereocenters. The molecule has 0 saturated heterocycles. The van der Waals surface area contributed by atoms with Crippen LogP contribution in [0.4, 0.5) is 5.69 Å². The van der Waals surface area contributed by atoms with Crippen molar-refractivity contribution < 1.29 is 9.53 Å². The van der Waals surface area contributed by atoms with Crippen molar-refractivity contribution in [2.24, 2.45) is 5.73 Å². The minimum Gasteiger partial charge on any atom is -0.494 e. The molecule has 0 spiro atoms. The lowest BCUT2D eigenvalue weighted by Crippen LogP contribution is -2.32. The summed E-state index contributed by atoms with van der Waals surface area (Å²) in [5.41, 5.74) is 6.15. The zero-order valence-electron chi connectivity index (χ0n) is 8.99. The van der Waals surface area contributed by atoms with Gasteiger partial charge in [0.2, 0.25) is 5.91 Å². The average molecular weight is 208 g/mol. The quantitative estimate of drug-likeness (QED) is 0.785. The number of nitrogens with two attached hydrogens (primary N) is 1. The fourth-order valence-corrected chi connectivity index (χ4v) is 1.06. The van der Waals surface area contributed by atoms with E-state index in [0.717, 1.165) is 11.4 Å². The Morgan fingerprint density at radius 2 is 2.07 bits per heavy atom. The zero-order chi connectivity index (χ0) is 11.3. The normalized spacial score (nSPS) is 11.9. The Hall–Kier alpha value is -1.55. The van der Waals surface area contributed by atoms with Crippen molar-refractivity contribution in [3.8, 4) is 5.75 Å². The summed E-state index contributed by atoms with van der Waals surface area (Å²) >= 11 is 0. The molecule has 0 aromatic heterocycles. The molecule has 1 aromatic carbocycles. The second-order valence-electron chi connectivity index (χ2n) is 3.24. The molecule has 0 radical (unpaired) electrons. The standard InChI is InChI=1S/C11H16N2O2/c1-3-15-10-6-4-9(5-7-10)13-11(14)8(2)12/h4-8H,3,12H2,1-2H3,(H,13,14)/t8-/m0/s1. The van der Waals surface area contributed by atoms with Gasteiger partial charge in [-0.1, -0.05) is 0 Å². The van der Waals surface area contributed by atoms with E-state index in [1.807, 2.05) is 6.92 Å². The van der Waals surface area contributed by atoms with Gasteiger partial charge in [0.05, 0.1) is 12.6 Å². The second-order valence-corrected chi connectivity index (χ2v) is 3.24. The smallest absolute Gasteiger partial charge is 0.240 e. The molecular formula is C11H16N2O2. The van der Waals surface area contributed by atoms with Gasteiger partial charge in [0.15, 0.2) is 0 Å². The lowest BCUT2D eigenvalue weighted by molar-refractivity contribution is -0.117. The molecule has 1 rings (SSSR count). The van der Waals surface area contributed by atoms with Crippen molar-refractivity contribution in [1.29, 1.82) is 0 Å². The summed E-state index contributed by atoms with van der Waals surface area (Å²) in [5.74, 6) is 0.593. The van der Waals surface area contributed by atoms with E-state index >= 15 is 0 Å². The fraction of sp³-hybridized carbons (Fsp3) is 0.364. The summed E-state index contributed by atoms with van der Waals surface area (Å²) in [6.45, 7) is 4.20. The first kappa shape index (κ1) is 11.5. The van der Waals surface area contributed by atoms with Crippen LogP contribution in [0.25, 0.3) is 0 Å². The average Bonchev–Trinajstić information content (AvgIpc) is 2.21. The SMILES string of the molecule is CCOc1ccc(NC(=O)[C@H](C)N)cc1. The summed E-state index contributed by atoms with van der Waals surface area (Å²) in [4.78, 5) is 11.3. The van der Waals surface area contributed by atoms with Crippen molar-refractivity contribution in [3.63, 3.8) is 0 Å². The molecule has 82 valence electrons. The minimum atomic E-state index is -0.503. The lowest BCUT2D eigenvalue weighted by atomic mass is 10.2. The molecule has 0 heterocycles. The molecule has 0 bridgehead atoms. The Kier molecular flexibility index (Phi) is 4.12. The maximum absolute atomic E-state index is 11.3. The van der Waals surface area contributed by atoms with E-state index in [0.29, 0.717) is 6.61 Å². The number of carbonyl (C=O) groups is 1. The van der Waals surface area contributed by atoms with E-state index in [9.17, 15) is 4.79 Å². The van der Waals surface area contributed by atoms with E-state index in [2.05, 4.69) is 5.32 Å². The second kappa shape index (κ2) is 5.36. The number of nitrogens with one attached hydrogen (secondary N) is 1. The molecule has 0 fully saturated rings. The van der Waals surface area contributed by atoms with Crippen LogP contribution in [0.15, 0.2) is 24.3 Å². The molecule has 1 atom stereocenters. The Labute approximate surface area is 89.4 Å². The van der Waals surface area contributed by atoms with Crippen LogP contribution in [-0.4, -0.2) is 18.6 Å². The van der Waals surface area contributed by atoms with Crippen LogP contribution >= 0.6 is 0 Å². The predicted octanol–water partition coefficient (Wildman–Crippen LogP) is 1.37.